The van der Waals surface area contributed by atoms with Crippen LogP contribution in [-0.2, 0) is 0 Å². The van der Waals surface area contributed by atoms with Gasteiger partial charge < -0.3 is 10.4 Å². The van der Waals surface area contributed by atoms with Crippen LogP contribution in [0.1, 0.15) is 50.9 Å². The van der Waals surface area contributed by atoms with E-state index in [9.17, 15) is 5.11 Å². The van der Waals surface area contributed by atoms with E-state index in [0.717, 1.165) is 61.3 Å². The average molecular weight is 289 g/mol. The standard InChI is InChI=1S/C15H23N5O/c1-3-8-16-14-11-9-17-20(15(11)19-10(2)18-14)12-6-4-5-7-13(12)21/h9,12-13,21H,3-8H2,1-2H3,(H,16,18,19). The Kier molecular flexibility index (Phi) is 4.05. The van der Waals surface area contributed by atoms with Crippen molar-refractivity contribution < 1.29 is 5.11 Å². The minimum absolute atomic E-state index is 0.0320. The summed E-state index contributed by atoms with van der Waals surface area (Å²) in [6.45, 7) is 4.90. The van der Waals surface area contributed by atoms with Gasteiger partial charge in [-0.1, -0.05) is 19.8 Å². The monoisotopic (exact) mass is 289 g/mol. The summed E-state index contributed by atoms with van der Waals surface area (Å²) in [5.41, 5.74) is 0.826. The Morgan fingerprint density at radius 2 is 2.14 bits per heavy atom. The van der Waals surface area contributed by atoms with Crippen molar-refractivity contribution in [1.82, 2.24) is 19.7 Å². The summed E-state index contributed by atoms with van der Waals surface area (Å²) in [7, 11) is 0. The molecule has 1 aliphatic rings. The molecule has 2 aromatic heterocycles. The molecule has 2 aromatic rings. The van der Waals surface area contributed by atoms with Crippen LogP contribution in [0.4, 0.5) is 5.82 Å². The normalized spacial score (nSPS) is 22.6. The van der Waals surface area contributed by atoms with Gasteiger partial charge in [0.25, 0.3) is 0 Å². The minimum atomic E-state index is -0.329. The van der Waals surface area contributed by atoms with E-state index in [4.69, 9.17) is 0 Å². The van der Waals surface area contributed by atoms with Crippen molar-refractivity contribution in [2.75, 3.05) is 11.9 Å². The molecule has 0 amide bonds. The molecule has 0 spiro atoms. The third-order valence-electron chi connectivity index (χ3n) is 4.12. The summed E-state index contributed by atoms with van der Waals surface area (Å²) < 4.78 is 1.89. The number of nitrogens with zero attached hydrogens (tertiary/aromatic N) is 4. The molecule has 2 unspecified atom stereocenters. The van der Waals surface area contributed by atoms with Crippen LogP contribution in [0, 0.1) is 6.92 Å². The second-order valence-corrected chi connectivity index (χ2v) is 5.79. The molecule has 0 aromatic carbocycles. The Morgan fingerprint density at radius 1 is 1.33 bits per heavy atom. The predicted octanol–water partition coefficient (Wildman–Crippen LogP) is 2.43. The van der Waals surface area contributed by atoms with Crippen molar-refractivity contribution in [2.45, 2.75) is 58.1 Å². The van der Waals surface area contributed by atoms with Gasteiger partial charge in [0.1, 0.15) is 11.6 Å². The van der Waals surface area contributed by atoms with Crippen LogP contribution in [0.2, 0.25) is 0 Å². The predicted molar refractivity (Wildman–Crippen MR) is 82.4 cm³/mol. The fourth-order valence-corrected chi connectivity index (χ4v) is 3.03. The SMILES string of the molecule is CCCNc1nc(C)nc2c1cnn2C1CCCCC1O. The van der Waals surface area contributed by atoms with E-state index in [-0.39, 0.29) is 12.1 Å². The molecule has 2 atom stereocenters. The van der Waals surface area contributed by atoms with Crippen LogP contribution >= 0.6 is 0 Å². The molecule has 0 saturated heterocycles. The number of rotatable bonds is 4. The molecular formula is C15H23N5O. The van der Waals surface area contributed by atoms with Gasteiger partial charge in [-0.05, 0) is 26.2 Å². The highest BCUT2D eigenvalue weighted by molar-refractivity contribution is 5.86. The molecule has 1 aliphatic carbocycles. The highest BCUT2D eigenvalue weighted by atomic mass is 16.3. The van der Waals surface area contributed by atoms with Crippen LogP contribution in [0.25, 0.3) is 11.0 Å². The average Bonchev–Trinajstić information content (AvgIpc) is 2.89. The van der Waals surface area contributed by atoms with Crippen molar-refractivity contribution in [1.29, 1.82) is 0 Å². The topological polar surface area (TPSA) is 75.9 Å². The lowest BCUT2D eigenvalue weighted by Gasteiger charge is -2.28. The van der Waals surface area contributed by atoms with Gasteiger partial charge in [0.05, 0.1) is 23.7 Å². The number of hydrogen-bond acceptors (Lipinski definition) is 5. The zero-order chi connectivity index (χ0) is 14.8. The number of aryl methyl sites for hydroxylation is 1. The Bertz CT molecular complexity index is 624. The van der Waals surface area contributed by atoms with E-state index < -0.39 is 0 Å². The van der Waals surface area contributed by atoms with Gasteiger partial charge in [-0.2, -0.15) is 5.10 Å². The van der Waals surface area contributed by atoms with Crippen molar-refractivity contribution in [2.24, 2.45) is 0 Å². The molecule has 2 N–H and O–H groups in total. The number of aliphatic hydroxyl groups is 1. The van der Waals surface area contributed by atoms with E-state index in [1.807, 2.05) is 17.8 Å². The largest absolute Gasteiger partial charge is 0.391 e. The van der Waals surface area contributed by atoms with Gasteiger partial charge in [-0.25, -0.2) is 14.6 Å². The summed E-state index contributed by atoms with van der Waals surface area (Å²) >= 11 is 0. The number of anilines is 1. The maximum Gasteiger partial charge on any atom is 0.163 e. The molecule has 114 valence electrons. The molecule has 1 fully saturated rings. The van der Waals surface area contributed by atoms with Gasteiger partial charge >= 0.3 is 0 Å². The first-order valence-corrected chi connectivity index (χ1v) is 7.84. The molecule has 0 radical (unpaired) electrons. The summed E-state index contributed by atoms with van der Waals surface area (Å²) in [6, 6.07) is 0.0320. The van der Waals surface area contributed by atoms with E-state index >= 15 is 0 Å². The first-order chi connectivity index (χ1) is 10.2. The number of aliphatic hydroxyl groups excluding tert-OH is 1. The first-order valence-electron chi connectivity index (χ1n) is 7.84. The second-order valence-electron chi connectivity index (χ2n) is 5.79. The summed E-state index contributed by atoms with van der Waals surface area (Å²) in [5.74, 6) is 1.57. The number of hydrogen-bond donors (Lipinski definition) is 2. The van der Waals surface area contributed by atoms with E-state index in [0.29, 0.717) is 0 Å². The fraction of sp³-hybridized carbons (Fsp3) is 0.667. The number of aromatic nitrogens is 4. The Hall–Kier alpha value is -1.69. The number of fused-ring (bicyclic) bond motifs is 1. The van der Waals surface area contributed by atoms with Crippen molar-refractivity contribution in [3.05, 3.63) is 12.0 Å². The van der Waals surface area contributed by atoms with Crippen LogP contribution in [-0.4, -0.2) is 37.5 Å². The van der Waals surface area contributed by atoms with Gasteiger partial charge in [-0.15, -0.1) is 0 Å². The maximum atomic E-state index is 10.3. The zero-order valence-corrected chi connectivity index (χ0v) is 12.7. The Labute approximate surface area is 124 Å². The highest BCUT2D eigenvalue weighted by Crippen LogP contribution is 2.31. The zero-order valence-electron chi connectivity index (χ0n) is 12.7. The molecule has 0 bridgehead atoms. The molecule has 6 heteroatoms. The maximum absolute atomic E-state index is 10.3. The first kappa shape index (κ1) is 14.3. The lowest BCUT2D eigenvalue weighted by molar-refractivity contribution is 0.0713. The summed E-state index contributed by atoms with van der Waals surface area (Å²) in [4.78, 5) is 9.03. The van der Waals surface area contributed by atoms with Gasteiger partial charge in [0.2, 0.25) is 0 Å². The molecular weight excluding hydrogens is 266 g/mol. The molecule has 2 heterocycles. The van der Waals surface area contributed by atoms with Crippen LogP contribution < -0.4 is 5.32 Å². The van der Waals surface area contributed by atoms with Crippen molar-refractivity contribution in [3.63, 3.8) is 0 Å². The summed E-state index contributed by atoms with van der Waals surface area (Å²) in [5, 5.41) is 19.0. The molecule has 1 saturated carbocycles. The fourth-order valence-electron chi connectivity index (χ4n) is 3.03. The smallest absolute Gasteiger partial charge is 0.163 e. The quantitative estimate of drug-likeness (QED) is 0.904. The van der Waals surface area contributed by atoms with Gasteiger partial charge in [0, 0.05) is 6.54 Å². The van der Waals surface area contributed by atoms with Crippen molar-refractivity contribution in [3.8, 4) is 0 Å². The van der Waals surface area contributed by atoms with Crippen LogP contribution in [0.15, 0.2) is 6.20 Å². The van der Waals surface area contributed by atoms with Crippen molar-refractivity contribution >= 4 is 16.9 Å². The Morgan fingerprint density at radius 3 is 2.90 bits per heavy atom. The third-order valence-corrected chi connectivity index (χ3v) is 4.12. The highest BCUT2D eigenvalue weighted by Gasteiger charge is 2.27. The third kappa shape index (κ3) is 2.72. The number of nitrogens with one attached hydrogen (secondary N) is 1. The second kappa shape index (κ2) is 5.97. The molecule has 6 nitrogen and oxygen atoms in total. The summed E-state index contributed by atoms with van der Waals surface area (Å²) in [6.07, 6.45) is 6.55. The Balaban J connectivity index is 2.02. The van der Waals surface area contributed by atoms with Crippen LogP contribution in [0.3, 0.4) is 0 Å². The van der Waals surface area contributed by atoms with Gasteiger partial charge in [-0.3, -0.25) is 0 Å². The van der Waals surface area contributed by atoms with E-state index in [2.05, 4.69) is 27.3 Å². The van der Waals surface area contributed by atoms with E-state index in [1.165, 1.54) is 0 Å². The van der Waals surface area contributed by atoms with E-state index in [1.54, 1.807) is 0 Å². The lowest BCUT2D eigenvalue weighted by Crippen LogP contribution is -2.28. The van der Waals surface area contributed by atoms with Crippen LogP contribution in [0.5, 0.6) is 0 Å². The molecule has 0 aliphatic heterocycles. The van der Waals surface area contributed by atoms with Gasteiger partial charge in [0.15, 0.2) is 5.65 Å². The minimum Gasteiger partial charge on any atom is -0.391 e. The molecule has 21 heavy (non-hydrogen) atoms. The molecule has 3 rings (SSSR count). The lowest BCUT2D eigenvalue weighted by atomic mass is 9.93.